The molecule has 0 heterocycles. The van der Waals surface area contributed by atoms with E-state index >= 15 is 0 Å². The third-order valence-corrected chi connectivity index (χ3v) is 4.08. The van der Waals surface area contributed by atoms with E-state index in [-0.39, 0.29) is 11.8 Å². The fraction of sp³-hybridized carbons (Fsp3) is 0.789. The molecule has 0 N–H and O–H groups in total. The SMILES string of the molecule is CC/C=C\CC/N=C\CC(C)C(=O)N(C)CCCN(CC)CC. The molecule has 0 radical (unpaired) electrons. The third kappa shape index (κ3) is 11.1. The molecule has 0 aliphatic carbocycles. The van der Waals surface area contributed by atoms with Crippen LogP contribution in [0.4, 0.5) is 0 Å². The van der Waals surface area contributed by atoms with E-state index in [9.17, 15) is 4.79 Å². The van der Waals surface area contributed by atoms with Crippen molar-refractivity contribution in [1.29, 1.82) is 0 Å². The summed E-state index contributed by atoms with van der Waals surface area (Å²) in [5, 5.41) is 0. The molecular formula is C19H37N3O. The second kappa shape index (κ2) is 14.4. The van der Waals surface area contributed by atoms with Gasteiger partial charge < -0.3 is 9.80 Å². The highest BCUT2D eigenvalue weighted by molar-refractivity contribution is 5.81. The highest BCUT2D eigenvalue weighted by atomic mass is 16.2. The van der Waals surface area contributed by atoms with Crippen molar-refractivity contribution in [1.82, 2.24) is 9.80 Å². The van der Waals surface area contributed by atoms with Crippen molar-refractivity contribution in [3.8, 4) is 0 Å². The number of carbonyl (C=O) groups excluding carboxylic acids is 1. The van der Waals surface area contributed by atoms with Gasteiger partial charge in [0.25, 0.3) is 0 Å². The van der Waals surface area contributed by atoms with Gasteiger partial charge in [-0.2, -0.15) is 0 Å². The van der Waals surface area contributed by atoms with Crippen molar-refractivity contribution in [2.24, 2.45) is 10.9 Å². The van der Waals surface area contributed by atoms with Crippen LogP contribution in [0.1, 0.15) is 53.4 Å². The normalized spacial score (nSPS) is 13.3. The van der Waals surface area contributed by atoms with Gasteiger partial charge in [-0.25, -0.2) is 0 Å². The molecule has 1 amide bonds. The van der Waals surface area contributed by atoms with E-state index in [0.29, 0.717) is 0 Å². The Morgan fingerprint density at radius 1 is 1.13 bits per heavy atom. The van der Waals surface area contributed by atoms with Gasteiger partial charge >= 0.3 is 0 Å². The second-order valence-corrected chi connectivity index (χ2v) is 6.03. The summed E-state index contributed by atoms with van der Waals surface area (Å²) in [5.41, 5.74) is 0. The summed E-state index contributed by atoms with van der Waals surface area (Å²) in [5.74, 6) is 0.241. The van der Waals surface area contributed by atoms with Gasteiger partial charge in [0, 0.05) is 26.1 Å². The Bertz CT molecular complexity index is 349. The Hall–Kier alpha value is -1.16. The van der Waals surface area contributed by atoms with Crippen LogP contribution in [0.25, 0.3) is 0 Å². The van der Waals surface area contributed by atoms with Crippen LogP contribution in [-0.4, -0.2) is 61.7 Å². The Morgan fingerprint density at radius 3 is 2.43 bits per heavy atom. The van der Waals surface area contributed by atoms with E-state index in [1.165, 1.54) is 0 Å². The van der Waals surface area contributed by atoms with E-state index in [1.54, 1.807) is 0 Å². The van der Waals surface area contributed by atoms with Crippen LogP contribution in [-0.2, 0) is 4.79 Å². The van der Waals surface area contributed by atoms with Gasteiger partial charge in [0.2, 0.25) is 5.91 Å². The predicted molar refractivity (Wildman–Crippen MR) is 101 cm³/mol. The molecular weight excluding hydrogens is 286 g/mol. The van der Waals surface area contributed by atoms with Gasteiger partial charge in [0.05, 0.1) is 0 Å². The lowest BCUT2D eigenvalue weighted by Gasteiger charge is -2.23. The number of aliphatic imine (C=N–C) groups is 1. The smallest absolute Gasteiger partial charge is 0.225 e. The highest BCUT2D eigenvalue weighted by Crippen LogP contribution is 2.05. The molecule has 4 nitrogen and oxygen atoms in total. The van der Waals surface area contributed by atoms with E-state index < -0.39 is 0 Å². The predicted octanol–water partition coefficient (Wildman–Crippen LogP) is 3.63. The zero-order valence-electron chi connectivity index (χ0n) is 15.9. The minimum atomic E-state index is 0.0170. The number of nitrogens with zero attached hydrogens (tertiary/aromatic N) is 3. The molecule has 134 valence electrons. The summed E-state index contributed by atoms with van der Waals surface area (Å²) < 4.78 is 0. The topological polar surface area (TPSA) is 35.9 Å². The van der Waals surface area contributed by atoms with E-state index in [1.807, 2.05) is 25.1 Å². The lowest BCUT2D eigenvalue weighted by Crippen LogP contribution is -2.34. The van der Waals surface area contributed by atoms with Gasteiger partial charge in [-0.05, 0) is 51.5 Å². The van der Waals surface area contributed by atoms with E-state index in [4.69, 9.17) is 0 Å². The molecule has 1 unspecified atom stereocenters. The molecule has 0 aromatic carbocycles. The molecule has 23 heavy (non-hydrogen) atoms. The molecule has 4 heteroatoms. The van der Waals surface area contributed by atoms with Crippen molar-refractivity contribution >= 4 is 12.1 Å². The number of amides is 1. The average Bonchev–Trinajstić information content (AvgIpc) is 2.56. The van der Waals surface area contributed by atoms with Crippen molar-refractivity contribution in [3.05, 3.63) is 12.2 Å². The van der Waals surface area contributed by atoms with Crippen LogP contribution < -0.4 is 0 Å². The zero-order valence-corrected chi connectivity index (χ0v) is 15.9. The van der Waals surface area contributed by atoms with Crippen molar-refractivity contribution in [2.45, 2.75) is 53.4 Å². The first kappa shape index (κ1) is 21.8. The molecule has 0 bridgehead atoms. The van der Waals surface area contributed by atoms with Crippen molar-refractivity contribution in [2.75, 3.05) is 39.8 Å². The van der Waals surface area contributed by atoms with Crippen molar-refractivity contribution < 1.29 is 4.79 Å². The van der Waals surface area contributed by atoms with Crippen LogP contribution in [0.3, 0.4) is 0 Å². The molecule has 0 rings (SSSR count). The van der Waals surface area contributed by atoms with Crippen molar-refractivity contribution in [3.63, 3.8) is 0 Å². The number of hydrogen-bond donors (Lipinski definition) is 0. The summed E-state index contributed by atoms with van der Waals surface area (Å²) in [6, 6.07) is 0. The molecule has 0 aliphatic heterocycles. The first-order valence-electron chi connectivity index (χ1n) is 9.17. The minimum absolute atomic E-state index is 0.0170. The molecule has 0 spiro atoms. The molecule has 0 saturated heterocycles. The maximum atomic E-state index is 12.3. The number of hydrogen-bond acceptors (Lipinski definition) is 3. The summed E-state index contributed by atoms with van der Waals surface area (Å²) >= 11 is 0. The zero-order chi connectivity index (χ0) is 17.5. The van der Waals surface area contributed by atoms with Crippen LogP contribution >= 0.6 is 0 Å². The van der Waals surface area contributed by atoms with Gasteiger partial charge in [-0.3, -0.25) is 9.79 Å². The molecule has 1 atom stereocenters. The molecule has 0 aromatic rings. The lowest BCUT2D eigenvalue weighted by atomic mass is 10.1. The Balaban J connectivity index is 3.93. The molecule has 0 fully saturated rings. The average molecular weight is 324 g/mol. The Morgan fingerprint density at radius 2 is 1.83 bits per heavy atom. The number of carbonyl (C=O) groups is 1. The minimum Gasteiger partial charge on any atom is -0.345 e. The molecule has 0 aliphatic rings. The summed E-state index contributed by atoms with van der Waals surface area (Å²) in [4.78, 5) is 20.9. The summed E-state index contributed by atoms with van der Waals surface area (Å²) in [6.07, 6.45) is 10.1. The fourth-order valence-electron chi connectivity index (χ4n) is 2.42. The van der Waals surface area contributed by atoms with Crippen LogP contribution in [0, 0.1) is 5.92 Å². The number of allylic oxidation sites excluding steroid dienone is 1. The first-order valence-corrected chi connectivity index (χ1v) is 9.17. The quantitative estimate of drug-likeness (QED) is 0.295. The first-order chi connectivity index (χ1) is 11.1. The highest BCUT2D eigenvalue weighted by Gasteiger charge is 2.16. The van der Waals surface area contributed by atoms with E-state index in [0.717, 1.165) is 58.4 Å². The fourth-order valence-corrected chi connectivity index (χ4v) is 2.42. The van der Waals surface area contributed by atoms with Gasteiger partial charge in [0.15, 0.2) is 0 Å². The van der Waals surface area contributed by atoms with Crippen LogP contribution in [0.2, 0.25) is 0 Å². The third-order valence-electron chi connectivity index (χ3n) is 4.08. The monoisotopic (exact) mass is 323 g/mol. The summed E-state index contributed by atoms with van der Waals surface area (Å²) in [6.45, 7) is 13.3. The lowest BCUT2D eigenvalue weighted by molar-refractivity contribution is -0.133. The largest absolute Gasteiger partial charge is 0.345 e. The van der Waals surface area contributed by atoms with Gasteiger partial charge in [0.1, 0.15) is 0 Å². The second-order valence-electron chi connectivity index (χ2n) is 6.03. The van der Waals surface area contributed by atoms with Crippen LogP contribution in [0.5, 0.6) is 0 Å². The maximum absolute atomic E-state index is 12.3. The maximum Gasteiger partial charge on any atom is 0.225 e. The molecule has 0 aromatic heterocycles. The Kier molecular flexibility index (Phi) is 13.7. The standard InChI is InChI=1S/C19H37N3O/c1-6-9-10-11-14-20-15-13-18(4)19(23)21(5)16-12-17-22(7-2)8-3/h9-10,15,18H,6-8,11-14,16-17H2,1-5H3/b10-9-,20-15-. The number of rotatable bonds is 13. The summed E-state index contributed by atoms with van der Waals surface area (Å²) in [7, 11) is 1.91. The Labute approximate surface area is 143 Å². The van der Waals surface area contributed by atoms with Crippen LogP contribution in [0.15, 0.2) is 17.1 Å². The molecule has 0 saturated carbocycles. The van der Waals surface area contributed by atoms with Gasteiger partial charge in [-0.15, -0.1) is 0 Å². The van der Waals surface area contributed by atoms with Gasteiger partial charge in [-0.1, -0.05) is 39.8 Å². The van der Waals surface area contributed by atoms with E-state index in [2.05, 4.69) is 42.8 Å².